The van der Waals surface area contributed by atoms with Crippen LogP contribution in [0.25, 0.3) is 0 Å². The highest BCUT2D eigenvalue weighted by atomic mass is 19.1. The average Bonchev–Trinajstić information content (AvgIpc) is 2.33. The van der Waals surface area contributed by atoms with Gasteiger partial charge in [0.25, 0.3) is 0 Å². The molecule has 0 aliphatic heterocycles. The molecular formula is C13H18F2N2O. The lowest BCUT2D eigenvalue weighted by atomic mass is 10.1. The molecule has 3 nitrogen and oxygen atoms in total. The fourth-order valence-electron chi connectivity index (χ4n) is 1.55. The van der Waals surface area contributed by atoms with Crippen molar-refractivity contribution in [3.63, 3.8) is 0 Å². The second-order valence-corrected chi connectivity index (χ2v) is 4.11. The summed E-state index contributed by atoms with van der Waals surface area (Å²) in [5.74, 6) is -1.39. The summed E-state index contributed by atoms with van der Waals surface area (Å²) in [6, 6.07) is 3.31. The number of rotatable bonds is 7. The Kier molecular flexibility index (Phi) is 6.28. The summed E-state index contributed by atoms with van der Waals surface area (Å²) in [4.78, 5) is 11.4. The molecule has 3 N–H and O–H groups in total. The van der Waals surface area contributed by atoms with Gasteiger partial charge in [0.05, 0.1) is 0 Å². The van der Waals surface area contributed by atoms with Crippen molar-refractivity contribution in [3.8, 4) is 0 Å². The van der Waals surface area contributed by atoms with Crippen molar-refractivity contribution in [2.75, 3.05) is 6.54 Å². The SMILES string of the molecule is NCCCCCC(=O)NCc1ccc(F)cc1F. The van der Waals surface area contributed by atoms with Crippen LogP contribution < -0.4 is 11.1 Å². The number of hydrogen-bond acceptors (Lipinski definition) is 2. The van der Waals surface area contributed by atoms with Crippen molar-refractivity contribution in [2.24, 2.45) is 5.73 Å². The van der Waals surface area contributed by atoms with Gasteiger partial charge < -0.3 is 11.1 Å². The van der Waals surface area contributed by atoms with Crippen molar-refractivity contribution in [2.45, 2.75) is 32.2 Å². The van der Waals surface area contributed by atoms with Gasteiger partial charge in [0.1, 0.15) is 11.6 Å². The smallest absolute Gasteiger partial charge is 0.220 e. The summed E-state index contributed by atoms with van der Waals surface area (Å²) >= 11 is 0. The molecule has 0 saturated carbocycles. The molecular weight excluding hydrogens is 238 g/mol. The van der Waals surface area contributed by atoms with Gasteiger partial charge in [-0.25, -0.2) is 8.78 Å². The lowest BCUT2D eigenvalue weighted by Crippen LogP contribution is -2.23. The lowest BCUT2D eigenvalue weighted by molar-refractivity contribution is -0.121. The first-order chi connectivity index (χ1) is 8.63. The molecule has 0 heterocycles. The van der Waals surface area contributed by atoms with Gasteiger partial charge in [-0.15, -0.1) is 0 Å². The van der Waals surface area contributed by atoms with Gasteiger partial charge >= 0.3 is 0 Å². The predicted molar refractivity (Wildman–Crippen MR) is 65.7 cm³/mol. The lowest BCUT2D eigenvalue weighted by Gasteiger charge is -2.06. The van der Waals surface area contributed by atoms with Crippen molar-refractivity contribution in [1.29, 1.82) is 0 Å². The Balaban J connectivity index is 2.29. The molecule has 0 atom stereocenters. The van der Waals surface area contributed by atoms with Crippen LogP contribution in [-0.2, 0) is 11.3 Å². The standard InChI is InChI=1S/C13H18F2N2O/c14-11-6-5-10(12(15)8-11)9-17-13(18)4-2-1-3-7-16/h5-6,8H,1-4,7,9,16H2,(H,17,18). The highest BCUT2D eigenvalue weighted by Gasteiger charge is 2.06. The van der Waals surface area contributed by atoms with Gasteiger partial charge in [0, 0.05) is 24.6 Å². The molecule has 1 amide bonds. The number of nitrogens with one attached hydrogen (secondary N) is 1. The normalized spacial score (nSPS) is 10.4. The maximum atomic E-state index is 13.2. The minimum Gasteiger partial charge on any atom is -0.352 e. The van der Waals surface area contributed by atoms with Gasteiger partial charge in [0.2, 0.25) is 5.91 Å². The van der Waals surface area contributed by atoms with Crippen LogP contribution in [0.1, 0.15) is 31.2 Å². The Morgan fingerprint density at radius 1 is 1.22 bits per heavy atom. The van der Waals surface area contributed by atoms with Crippen LogP contribution in [0, 0.1) is 11.6 Å². The fourth-order valence-corrected chi connectivity index (χ4v) is 1.55. The van der Waals surface area contributed by atoms with Crippen LogP contribution in [0.4, 0.5) is 8.78 Å². The van der Waals surface area contributed by atoms with Crippen molar-refractivity contribution in [1.82, 2.24) is 5.32 Å². The van der Waals surface area contributed by atoms with E-state index in [0.717, 1.165) is 25.3 Å². The molecule has 0 unspecified atom stereocenters. The van der Waals surface area contributed by atoms with E-state index in [2.05, 4.69) is 5.32 Å². The third-order valence-corrected chi connectivity index (χ3v) is 2.60. The van der Waals surface area contributed by atoms with E-state index in [4.69, 9.17) is 5.73 Å². The van der Waals surface area contributed by atoms with E-state index in [1.165, 1.54) is 12.1 Å². The number of carbonyl (C=O) groups excluding carboxylic acids is 1. The molecule has 1 aromatic rings. The zero-order valence-corrected chi connectivity index (χ0v) is 10.2. The summed E-state index contributed by atoms with van der Waals surface area (Å²) in [5.41, 5.74) is 5.62. The Morgan fingerprint density at radius 3 is 2.67 bits per heavy atom. The maximum absolute atomic E-state index is 13.2. The molecule has 0 saturated heterocycles. The number of carbonyl (C=O) groups is 1. The quantitative estimate of drug-likeness (QED) is 0.734. The highest BCUT2D eigenvalue weighted by Crippen LogP contribution is 2.09. The topological polar surface area (TPSA) is 55.1 Å². The maximum Gasteiger partial charge on any atom is 0.220 e. The Labute approximate surface area is 105 Å². The van der Waals surface area contributed by atoms with E-state index in [1.54, 1.807) is 0 Å². The minimum absolute atomic E-state index is 0.0852. The highest BCUT2D eigenvalue weighted by molar-refractivity contribution is 5.75. The van der Waals surface area contributed by atoms with Crippen molar-refractivity contribution >= 4 is 5.91 Å². The first kappa shape index (κ1) is 14.6. The molecule has 0 fully saturated rings. The third kappa shape index (κ3) is 5.23. The van der Waals surface area contributed by atoms with E-state index < -0.39 is 11.6 Å². The monoisotopic (exact) mass is 256 g/mol. The predicted octanol–water partition coefficient (Wildman–Crippen LogP) is 2.10. The summed E-state index contributed by atoms with van der Waals surface area (Å²) in [6.07, 6.45) is 2.99. The van der Waals surface area contributed by atoms with E-state index in [0.29, 0.717) is 13.0 Å². The van der Waals surface area contributed by atoms with Gasteiger partial charge in [-0.2, -0.15) is 0 Å². The number of unbranched alkanes of at least 4 members (excludes halogenated alkanes) is 2. The van der Waals surface area contributed by atoms with Gasteiger partial charge in [-0.3, -0.25) is 4.79 Å². The molecule has 1 rings (SSSR count). The second kappa shape index (κ2) is 7.76. The van der Waals surface area contributed by atoms with Gasteiger partial charge in [0.15, 0.2) is 0 Å². The van der Waals surface area contributed by atoms with Crippen LogP contribution in [0.3, 0.4) is 0 Å². The zero-order valence-electron chi connectivity index (χ0n) is 10.2. The Hall–Kier alpha value is -1.49. The van der Waals surface area contributed by atoms with Crippen LogP contribution >= 0.6 is 0 Å². The first-order valence-electron chi connectivity index (χ1n) is 6.04. The Morgan fingerprint density at radius 2 is 2.00 bits per heavy atom. The average molecular weight is 256 g/mol. The third-order valence-electron chi connectivity index (χ3n) is 2.60. The summed E-state index contributed by atoms with van der Waals surface area (Å²) < 4.78 is 25.9. The molecule has 5 heteroatoms. The summed E-state index contributed by atoms with van der Waals surface area (Å²) in [5, 5.41) is 2.60. The molecule has 0 radical (unpaired) electrons. The number of nitrogens with two attached hydrogens (primary N) is 1. The van der Waals surface area contributed by atoms with Crippen LogP contribution in [0.5, 0.6) is 0 Å². The Bertz CT molecular complexity index is 397. The fraction of sp³-hybridized carbons (Fsp3) is 0.462. The number of amides is 1. The molecule has 0 aromatic heterocycles. The molecule has 1 aromatic carbocycles. The summed E-state index contributed by atoms with van der Waals surface area (Å²) in [7, 11) is 0. The molecule has 0 spiro atoms. The zero-order chi connectivity index (χ0) is 13.4. The van der Waals surface area contributed by atoms with Gasteiger partial charge in [-0.1, -0.05) is 12.5 Å². The van der Waals surface area contributed by atoms with Crippen LogP contribution in [0.2, 0.25) is 0 Å². The van der Waals surface area contributed by atoms with Crippen molar-refractivity contribution in [3.05, 3.63) is 35.4 Å². The number of halogens is 2. The summed E-state index contributed by atoms with van der Waals surface area (Å²) in [6.45, 7) is 0.713. The van der Waals surface area contributed by atoms with Crippen LogP contribution in [-0.4, -0.2) is 12.5 Å². The number of hydrogen-bond donors (Lipinski definition) is 2. The number of benzene rings is 1. The van der Waals surface area contributed by atoms with E-state index in [1.807, 2.05) is 0 Å². The van der Waals surface area contributed by atoms with E-state index in [9.17, 15) is 13.6 Å². The molecule has 100 valence electrons. The molecule has 0 bridgehead atoms. The van der Waals surface area contributed by atoms with E-state index in [-0.39, 0.29) is 18.0 Å². The second-order valence-electron chi connectivity index (χ2n) is 4.11. The van der Waals surface area contributed by atoms with Gasteiger partial charge in [-0.05, 0) is 25.5 Å². The van der Waals surface area contributed by atoms with E-state index >= 15 is 0 Å². The first-order valence-corrected chi connectivity index (χ1v) is 6.04. The largest absolute Gasteiger partial charge is 0.352 e. The molecule has 0 aliphatic rings. The molecule has 18 heavy (non-hydrogen) atoms. The minimum atomic E-state index is -0.640. The van der Waals surface area contributed by atoms with Crippen molar-refractivity contribution < 1.29 is 13.6 Å². The molecule has 0 aliphatic carbocycles. The van der Waals surface area contributed by atoms with Crippen LogP contribution in [0.15, 0.2) is 18.2 Å².